The molecule has 0 spiro atoms. The molecule has 8 heteroatoms. The van der Waals surface area contributed by atoms with Gasteiger partial charge >= 0.3 is 5.97 Å². The summed E-state index contributed by atoms with van der Waals surface area (Å²) in [5.41, 5.74) is 2.89. The van der Waals surface area contributed by atoms with Gasteiger partial charge in [-0.05, 0) is 24.6 Å². The number of benzene rings is 2. The van der Waals surface area contributed by atoms with Gasteiger partial charge in [0, 0.05) is 10.9 Å². The summed E-state index contributed by atoms with van der Waals surface area (Å²) in [6.07, 6.45) is 1.52. The van der Waals surface area contributed by atoms with Crippen molar-refractivity contribution in [2.45, 2.75) is 11.9 Å². The third-order valence-electron chi connectivity index (χ3n) is 4.46. The van der Waals surface area contributed by atoms with Crippen LogP contribution in [-0.2, 0) is 9.53 Å². The zero-order valence-electron chi connectivity index (χ0n) is 16.7. The number of hydrogen-bond acceptors (Lipinski definition) is 7. The Labute approximate surface area is 187 Å². The fourth-order valence-corrected chi connectivity index (χ4v) is 4.88. The molecular weight excluding hydrogens is 430 g/mol. The lowest BCUT2D eigenvalue weighted by Crippen LogP contribution is -2.17. The standard InChI is InChI=1S/C23H19N3O3S2/c1-2-29-23(28)16-10-6-7-11-18(16)26-19(27)13-31-22-20-17(15-8-4-3-5-9-15)12-30-21(20)24-14-25-22/h3-12,14H,2,13H2,1H3,(H,26,27). The maximum Gasteiger partial charge on any atom is 0.340 e. The van der Waals surface area contributed by atoms with Gasteiger partial charge in [-0.1, -0.05) is 54.2 Å². The number of carbonyl (C=O) groups excluding carboxylic acids is 2. The number of aromatic nitrogens is 2. The lowest BCUT2D eigenvalue weighted by atomic mass is 10.1. The first-order chi connectivity index (χ1) is 15.2. The molecule has 6 nitrogen and oxygen atoms in total. The van der Waals surface area contributed by atoms with Crippen molar-refractivity contribution in [2.24, 2.45) is 0 Å². The number of anilines is 1. The van der Waals surface area contributed by atoms with Crippen molar-refractivity contribution < 1.29 is 14.3 Å². The molecule has 0 aliphatic heterocycles. The number of thioether (sulfide) groups is 1. The number of carbonyl (C=O) groups is 2. The molecule has 4 rings (SSSR count). The van der Waals surface area contributed by atoms with E-state index < -0.39 is 5.97 Å². The van der Waals surface area contributed by atoms with E-state index in [2.05, 4.69) is 20.7 Å². The fraction of sp³-hybridized carbons (Fsp3) is 0.130. The van der Waals surface area contributed by atoms with Crippen LogP contribution in [0.25, 0.3) is 21.3 Å². The van der Waals surface area contributed by atoms with E-state index in [1.807, 2.05) is 30.3 Å². The Morgan fingerprint density at radius 3 is 2.65 bits per heavy atom. The maximum atomic E-state index is 12.6. The van der Waals surface area contributed by atoms with Crippen molar-refractivity contribution in [1.29, 1.82) is 0 Å². The highest BCUT2D eigenvalue weighted by molar-refractivity contribution is 8.00. The normalized spacial score (nSPS) is 10.7. The first-order valence-corrected chi connectivity index (χ1v) is 11.5. The first-order valence-electron chi connectivity index (χ1n) is 9.63. The Bertz CT molecular complexity index is 1230. The molecular formula is C23H19N3O3S2. The molecule has 156 valence electrons. The van der Waals surface area contributed by atoms with Crippen LogP contribution in [0.15, 0.2) is 71.3 Å². The molecule has 4 aromatic rings. The Balaban J connectivity index is 1.52. The van der Waals surface area contributed by atoms with Gasteiger partial charge < -0.3 is 10.1 Å². The third-order valence-corrected chi connectivity index (χ3v) is 6.33. The van der Waals surface area contributed by atoms with Gasteiger partial charge in [0.15, 0.2) is 0 Å². The quantitative estimate of drug-likeness (QED) is 0.235. The minimum Gasteiger partial charge on any atom is -0.462 e. The van der Waals surface area contributed by atoms with Gasteiger partial charge in [-0.25, -0.2) is 14.8 Å². The Morgan fingerprint density at radius 1 is 1.06 bits per heavy atom. The number of nitrogens with one attached hydrogen (secondary N) is 1. The monoisotopic (exact) mass is 449 g/mol. The SMILES string of the molecule is CCOC(=O)c1ccccc1NC(=O)CSc1ncnc2scc(-c3ccccc3)c12. The molecule has 0 bridgehead atoms. The number of hydrogen-bond donors (Lipinski definition) is 1. The summed E-state index contributed by atoms with van der Waals surface area (Å²) in [6, 6.07) is 16.9. The lowest BCUT2D eigenvalue weighted by Gasteiger charge is -2.10. The molecule has 2 heterocycles. The van der Waals surface area contributed by atoms with Gasteiger partial charge in [0.2, 0.25) is 5.91 Å². The van der Waals surface area contributed by atoms with Crippen LogP contribution in [0.2, 0.25) is 0 Å². The molecule has 2 aromatic heterocycles. The Kier molecular flexibility index (Phi) is 6.59. The second kappa shape index (κ2) is 9.72. The summed E-state index contributed by atoms with van der Waals surface area (Å²) in [6.45, 7) is 2.01. The van der Waals surface area contributed by atoms with Crippen molar-refractivity contribution in [3.63, 3.8) is 0 Å². The smallest absolute Gasteiger partial charge is 0.340 e. The minimum absolute atomic E-state index is 0.146. The molecule has 1 N–H and O–H groups in total. The number of amides is 1. The average Bonchev–Trinajstić information content (AvgIpc) is 3.24. The maximum absolute atomic E-state index is 12.6. The summed E-state index contributed by atoms with van der Waals surface area (Å²) >= 11 is 2.90. The van der Waals surface area contributed by atoms with Gasteiger partial charge in [-0.2, -0.15) is 0 Å². The van der Waals surface area contributed by atoms with Crippen molar-refractivity contribution in [2.75, 3.05) is 17.7 Å². The minimum atomic E-state index is -0.464. The zero-order chi connectivity index (χ0) is 21.6. The lowest BCUT2D eigenvalue weighted by molar-refractivity contribution is -0.113. The summed E-state index contributed by atoms with van der Waals surface area (Å²) in [7, 11) is 0. The van der Waals surface area contributed by atoms with E-state index in [1.165, 1.54) is 18.1 Å². The van der Waals surface area contributed by atoms with E-state index in [9.17, 15) is 9.59 Å². The number of esters is 1. The zero-order valence-corrected chi connectivity index (χ0v) is 18.3. The van der Waals surface area contributed by atoms with E-state index in [1.54, 1.807) is 42.5 Å². The largest absolute Gasteiger partial charge is 0.462 e. The first kappa shape index (κ1) is 21.0. The van der Waals surface area contributed by atoms with Gasteiger partial charge in [-0.3, -0.25) is 4.79 Å². The van der Waals surface area contributed by atoms with Crippen LogP contribution in [0.5, 0.6) is 0 Å². The number of thiophene rings is 1. The van der Waals surface area contributed by atoms with Crippen molar-refractivity contribution in [3.05, 3.63) is 71.9 Å². The highest BCUT2D eigenvalue weighted by Crippen LogP contribution is 2.37. The second-order valence-corrected chi connectivity index (χ2v) is 8.30. The third kappa shape index (κ3) is 4.76. The second-order valence-electron chi connectivity index (χ2n) is 6.48. The van der Waals surface area contributed by atoms with Crippen molar-refractivity contribution >= 4 is 50.9 Å². The fourth-order valence-electron chi connectivity index (χ4n) is 3.09. The number of fused-ring (bicyclic) bond motifs is 1. The van der Waals surface area contributed by atoms with Gasteiger partial charge in [0.1, 0.15) is 16.2 Å². The van der Waals surface area contributed by atoms with E-state index in [0.717, 1.165) is 26.4 Å². The van der Waals surface area contributed by atoms with E-state index in [-0.39, 0.29) is 18.3 Å². The molecule has 0 radical (unpaired) electrons. The van der Waals surface area contributed by atoms with Crippen LogP contribution in [0.1, 0.15) is 17.3 Å². The van der Waals surface area contributed by atoms with Gasteiger partial charge in [-0.15, -0.1) is 11.3 Å². The van der Waals surface area contributed by atoms with Crippen LogP contribution in [-0.4, -0.2) is 34.2 Å². The highest BCUT2D eigenvalue weighted by Gasteiger charge is 2.17. The number of ether oxygens (including phenoxy) is 1. The van der Waals surface area contributed by atoms with Crippen LogP contribution < -0.4 is 5.32 Å². The van der Waals surface area contributed by atoms with Crippen molar-refractivity contribution in [1.82, 2.24) is 9.97 Å². The Morgan fingerprint density at radius 2 is 1.84 bits per heavy atom. The summed E-state index contributed by atoms with van der Waals surface area (Å²) in [5.74, 6) is -0.549. The van der Waals surface area contributed by atoms with Gasteiger partial charge in [0.05, 0.1) is 29.0 Å². The topological polar surface area (TPSA) is 81.2 Å². The molecule has 2 aromatic carbocycles. The summed E-state index contributed by atoms with van der Waals surface area (Å²) < 4.78 is 5.06. The molecule has 0 saturated carbocycles. The summed E-state index contributed by atoms with van der Waals surface area (Å²) in [5, 5.41) is 6.57. The van der Waals surface area contributed by atoms with Crippen molar-refractivity contribution in [3.8, 4) is 11.1 Å². The van der Waals surface area contributed by atoms with Crippen LogP contribution >= 0.6 is 23.1 Å². The molecule has 0 atom stereocenters. The van der Waals surface area contributed by atoms with E-state index >= 15 is 0 Å². The predicted octanol–water partition coefficient (Wildman–Crippen LogP) is 5.27. The van der Waals surface area contributed by atoms with Crippen LogP contribution in [0, 0.1) is 0 Å². The summed E-state index contributed by atoms with van der Waals surface area (Å²) in [4.78, 5) is 34.4. The van der Waals surface area contributed by atoms with E-state index in [4.69, 9.17) is 4.74 Å². The number of nitrogens with zero attached hydrogens (tertiary/aromatic N) is 2. The number of rotatable bonds is 7. The molecule has 0 aliphatic rings. The molecule has 0 aliphatic carbocycles. The molecule has 1 amide bonds. The highest BCUT2D eigenvalue weighted by atomic mass is 32.2. The van der Waals surface area contributed by atoms with E-state index in [0.29, 0.717) is 11.3 Å². The van der Waals surface area contributed by atoms with Crippen LogP contribution in [0.4, 0.5) is 5.69 Å². The number of para-hydroxylation sites is 1. The molecule has 0 saturated heterocycles. The average molecular weight is 450 g/mol. The van der Waals surface area contributed by atoms with Gasteiger partial charge in [0.25, 0.3) is 0 Å². The molecule has 0 unspecified atom stereocenters. The molecule has 0 fully saturated rings. The van der Waals surface area contributed by atoms with Crippen LogP contribution in [0.3, 0.4) is 0 Å². The Hall–Kier alpha value is -3.23. The molecule has 31 heavy (non-hydrogen) atoms. The predicted molar refractivity (Wildman–Crippen MR) is 125 cm³/mol.